The van der Waals surface area contributed by atoms with Gasteiger partial charge in [-0.3, -0.25) is 23.9 Å². The molecule has 2 saturated heterocycles. The Kier molecular flexibility index (Phi) is 14.2. The predicted octanol–water partition coefficient (Wildman–Crippen LogP) is 2.91. The number of hydrogen-bond acceptors (Lipinski definition) is 15. The van der Waals surface area contributed by atoms with E-state index in [4.69, 9.17) is 15.0 Å². The largest absolute Gasteiger partial charge is 0.391 e. The highest BCUT2D eigenvalue weighted by Gasteiger charge is 2.44. The lowest BCUT2D eigenvalue weighted by Gasteiger charge is -2.36. The Bertz CT molecular complexity index is 2370. The Morgan fingerprint density at radius 1 is 0.955 bits per heavy atom. The average Bonchev–Trinajstić information content (AvgIpc) is 3.67. The maximum atomic E-state index is 14.2. The second-order valence-electron chi connectivity index (χ2n) is 19.4. The molecule has 4 aromatic rings. The van der Waals surface area contributed by atoms with E-state index in [1.54, 1.807) is 11.3 Å². The highest BCUT2D eigenvalue weighted by molar-refractivity contribution is 7.13. The number of likely N-dealkylation sites (tertiary alicyclic amines) is 1. The molecular weight excluding hydrogens is 861 g/mol. The Balaban J connectivity index is 0.852. The van der Waals surface area contributed by atoms with Crippen molar-refractivity contribution in [3.8, 4) is 10.4 Å². The van der Waals surface area contributed by atoms with Crippen LogP contribution >= 0.6 is 11.3 Å². The van der Waals surface area contributed by atoms with Crippen LogP contribution in [-0.4, -0.2) is 133 Å². The van der Waals surface area contributed by atoms with Crippen LogP contribution in [0, 0.1) is 18.3 Å². The molecule has 4 aliphatic rings. The molecule has 0 bridgehead atoms. The number of carbonyl (C=O) groups excluding carboxylic acids is 4. The van der Waals surface area contributed by atoms with E-state index >= 15 is 0 Å². The van der Waals surface area contributed by atoms with Crippen LogP contribution in [0.5, 0.6) is 0 Å². The number of piperidine rings is 1. The van der Waals surface area contributed by atoms with Crippen LogP contribution in [0.1, 0.15) is 94.8 Å². The van der Waals surface area contributed by atoms with Crippen molar-refractivity contribution >= 4 is 52.8 Å². The van der Waals surface area contributed by atoms with Gasteiger partial charge < -0.3 is 40.7 Å². The fourth-order valence-electron chi connectivity index (χ4n) is 8.98. The van der Waals surface area contributed by atoms with Crippen LogP contribution in [0.25, 0.3) is 10.4 Å². The SMILES string of the molecule is Cc1ncsc1-c1ccc(CNC(=O)[C@@H]2C[C@@H](O)CN2C(=O)[C@@H](NC(=O)CCC2CCN(c3nc(N(C)CCC(=O)NC4CC4)nc(N4CCc5c(nnn5C)C4)n3)CC2)C(C)(C)C)cc1. The van der Waals surface area contributed by atoms with Crippen LogP contribution in [0.15, 0.2) is 29.8 Å². The predicted molar refractivity (Wildman–Crippen MR) is 250 cm³/mol. The molecule has 0 unspecified atom stereocenters. The quantitative estimate of drug-likeness (QED) is 0.127. The van der Waals surface area contributed by atoms with E-state index in [0.717, 1.165) is 65.2 Å². The van der Waals surface area contributed by atoms with Gasteiger partial charge in [0, 0.05) is 85.1 Å². The van der Waals surface area contributed by atoms with Gasteiger partial charge in [-0.25, -0.2) is 4.98 Å². The number of aliphatic hydroxyl groups is 1. The van der Waals surface area contributed by atoms with E-state index in [9.17, 15) is 24.3 Å². The molecule has 6 heterocycles. The zero-order valence-electron chi connectivity index (χ0n) is 39.0. The molecule has 19 nitrogen and oxygen atoms in total. The summed E-state index contributed by atoms with van der Waals surface area (Å²) in [6.07, 6.45) is 4.99. The lowest BCUT2D eigenvalue weighted by atomic mass is 9.85. The van der Waals surface area contributed by atoms with Crippen molar-refractivity contribution in [3.05, 3.63) is 52.4 Å². The zero-order chi connectivity index (χ0) is 46.7. The normalized spacial score (nSPS) is 19.3. The van der Waals surface area contributed by atoms with Crippen LogP contribution in [0.2, 0.25) is 0 Å². The number of rotatable bonds is 16. The molecule has 4 amide bonds. The second kappa shape index (κ2) is 20.0. The number of fused-ring (bicyclic) bond motifs is 1. The summed E-state index contributed by atoms with van der Waals surface area (Å²) >= 11 is 1.58. The molecule has 8 rings (SSSR count). The van der Waals surface area contributed by atoms with Crippen LogP contribution in [-0.2, 0) is 45.7 Å². The van der Waals surface area contributed by atoms with Crippen LogP contribution in [0.3, 0.4) is 0 Å². The van der Waals surface area contributed by atoms with Gasteiger partial charge in [0.05, 0.1) is 34.4 Å². The maximum absolute atomic E-state index is 14.2. The van der Waals surface area contributed by atoms with E-state index in [1.807, 2.05) is 81.1 Å². The minimum absolute atomic E-state index is 0.0134. The van der Waals surface area contributed by atoms with Crippen molar-refractivity contribution in [1.29, 1.82) is 0 Å². The molecule has 1 saturated carbocycles. The number of benzene rings is 1. The van der Waals surface area contributed by atoms with Gasteiger partial charge >= 0.3 is 0 Å². The molecule has 66 heavy (non-hydrogen) atoms. The summed E-state index contributed by atoms with van der Waals surface area (Å²) < 4.78 is 1.82. The molecule has 3 aromatic heterocycles. The Labute approximate surface area is 390 Å². The van der Waals surface area contributed by atoms with E-state index in [0.29, 0.717) is 69.5 Å². The number of nitrogens with zero attached hydrogens (tertiary/aromatic N) is 11. The molecule has 0 radical (unpaired) electrons. The van der Waals surface area contributed by atoms with Crippen molar-refractivity contribution < 1.29 is 24.3 Å². The summed E-state index contributed by atoms with van der Waals surface area (Å²) in [5, 5.41) is 28.3. The smallest absolute Gasteiger partial charge is 0.246 e. The van der Waals surface area contributed by atoms with E-state index < -0.39 is 23.6 Å². The highest BCUT2D eigenvalue weighted by Crippen LogP contribution is 2.31. The fraction of sp³-hybridized carbons (Fsp3) is 0.609. The molecule has 3 atom stereocenters. The topological polar surface area (TPSA) is 220 Å². The van der Waals surface area contributed by atoms with E-state index in [2.05, 4.69) is 41.0 Å². The van der Waals surface area contributed by atoms with Crippen LogP contribution in [0.4, 0.5) is 17.8 Å². The van der Waals surface area contributed by atoms with E-state index in [1.165, 1.54) is 4.90 Å². The Hall–Kier alpha value is -5.76. The number of hydrogen-bond donors (Lipinski definition) is 4. The van der Waals surface area contributed by atoms with Gasteiger partial charge in [-0.05, 0) is 61.5 Å². The number of amides is 4. The lowest BCUT2D eigenvalue weighted by Crippen LogP contribution is -2.57. The van der Waals surface area contributed by atoms with Gasteiger partial charge in [-0.15, -0.1) is 16.4 Å². The standard InChI is InChI=1S/C46H64N14O5S/c1-28-39(66-27-48-28)31-10-7-30(8-11-31)24-47-41(64)36-23-33(61)25-60(36)42(65)40(46(2,3)4)50-37(62)14-9-29-15-20-58(21-16-29)44-51-43(56(5)19-18-38(63)49-32-12-13-32)52-45(53-44)59-22-17-35-34(26-59)54-55-57(35)6/h7-8,10-11,27,29,32-33,36,40,61H,9,12-26H2,1-6H3,(H,47,64)(H,49,63)(H,50,62)/t33-,36+,40-/m1/s1. The van der Waals surface area contributed by atoms with E-state index in [-0.39, 0.29) is 55.5 Å². The Morgan fingerprint density at radius 3 is 2.36 bits per heavy atom. The number of aromatic nitrogens is 7. The third-order valence-corrected chi connectivity index (χ3v) is 14.2. The molecule has 354 valence electrons. The number of anilines is 3. The van der Waals surface area contributed by atoms with Gasteiger partial charge in [0.15, 0.2) is 0 Å². The molecule has 0 spiro atoms. The Morgan fingerprint density at radius 2 is 1.68 bits per heavy atom. The van der Waals surface area contributed by atoms with Gasteiger partial charge in [-0.2, -0.15) is 15.0 Å². The number of thiazole rings is 1. The first-order valence-electron chi connectivity index (χ1n) is 23.3. The first-order chi connectivity index (χ1) is 31.6. The van der Waals surface area contributed by atoms with Crippen molar-refractivity contribution in [2.75, 3.05) is 54.5 Å². The molecule has 4 N–H and O–H groups in total. The molecular formula is C46H64N14O5S. The zero-order valence-corrected chi connectivity index (χ0v) is 39.8. The number of β-amino-alcohol motifs (C(OH)–C–C–N with tert-alkyl or cyclic N) is 1. The highest BCUT2D eigenvalue weighted by atomic mass is 32.1. The number of aliphatic hydroxyl groups excluding tert-OH is 1. The van der Waals surface area contributed by atoms with Crippen molar-refractivity contribution in [2.24, 2.45) is 18.4 Å². The maximum Gasteiger partial charge on any atom is 0.246 e. The minimum atomic E-state index is -0.895. The summed E-state index contributed by atoms with van der Waals surface area (Å²) in [5.41, 5.74) is 6.11. The van der Waals surface area contributed by atoms with Gasteiger partial charge in [-0.1, -0.05) is 50.3 Å². The first-order valence-corrected chi connectivity index (χ1v) is 24.2. The van der Waals surface area contributed by atoms with Gasteiger partial charge in [0.1, 0.15) is 17.8 Å². The first kappa shape index (κ1) is 46.8. The summed E-state index contributed by atoms with van der Waals surface area (Å²) in [4.78, 5) is 81.8. The minimum Gasteiger partial charge on any atom is -0.391 e. The second-order valence-corrected chi connectivity index (χ2v) is 20.3. The molecule has 3 aliphatic heterocycles. The fourth-order valence-corrected chi connectivity index (χ4v) is 9.80. The van der Waals surface area contributed by atoms with Gasteiger partial charge in [0.25, 0.3) is 0 Å². The van der Waals surface area contributed by atoms with Crippen molar-refractivity contribution in [2.45, 2.75) is 123 Å². The monoisotopic (exact) mass is 924 g/mol. The molecule has 20 heteroatoms. The summed E-state index contributed by atoms with van der Waals surface area (Å²) in [6, 6.07) is 6.48. The van der Waals surface area contributed by atoms with Crippen molar-refractivity contribution in [1.82, 2.24) is 55.8 Å². The van der Waals surface area contributed by atoms with Gasteiger partial charge in [0.2, 0.25) is 41.5 Å². The average molecular weight is 925 g/mol. The lowest BCUT2D eigenvalue weighted by molar-refractivity contribution is -0.144. The van der Waals surface area contributed by atoms with Crippen LogP contribution < -0.4 is 30.7 Å². The van der Waals surface area contributed by atoms with Crippen molar-refractivity contribution in [3.63, 3.8) is 0 Å². The molecule has 3 fully saturated rings. The summed E-state index contributed by atoms with van der Waals surface area (Å²) in [5.74, 6) is 0.987. The molecule has 1 aliphatic carbocycles. The summed E-state index contributed by atoms with van der Waals surface area (Å²) in [7, 11) is 3.81. The third-order valence-electron chi connectivity index (χ3n) is 13.2. The number of aryl methyl sites for hydroxylation is 2. The number of carbonyl (C=O) groups is 4. The number of nitrogens with one attached hydrogen (secondary N) is 3. The third kappa shape index (κ3) is 11.2. The molecule has 1 aromatic carbocycles. The summed E-state index contributed by atoms with van der Waals surface area (Å²) in [6.45, 7) is 11.0.